The summed E-state index contributed by atoms with van der Waals surface area (Å²) in [7, 11) is 0. The summed E-state index contributed by atoms with van der Waals surface area (Å²) in [6.45, 7) is 3.91. The average molecular weight is 492 g/mol. The first kappa shape index (κ1) is 22.2. The molecule has 0 aliphatic carbocycles. The molecular weight excluding hydrogens is 470 g/mol. The van der Waals surface area contributed by atoms with Gasteiger partial charge in [-0.25, -0.2) is 9.97 Å². The number of para-hydroxylation sites is 1. The molecule has 10 heteroatoms. The predicted octanol–water partition coefficient (Wildman–Crippen LogP) is 5.52. The molecule has 4 aromatic rings. The highest BCUT2D eigenvalue weighted by molar-refractivity contribution is 7.99. The summed E-state index contributed by atoms with van der Waals surface area (Å²) in [5.74, 6) is 2.05. The summed E-state index contributed by atoms with van der Waals surface area (Å²) in [4.78, 5) is 25.1. The number of anilines is 4. The number of hydrogen-bond acceptors (Lipinski definition) is 7. The summed E-state index contributed by atoms with van der Waals surface area (Å²) >= 11 is 7.58. The van der Waals surface area contributed by atoms with Crippen molar-refractivity contribution in [3.05, 3.63) is 76.9 Å². The molecule has 5 rings (SSSR count). The molecule has 3 N–H and O–H groups in total. The molecule has 1 fully saturated rings. The highest BCUT2D eigenvalue weighted by Gasteiger charge is 2.19. The van der Waals surface area contributed by atoms with Crippen molar-refractivity contribution >= 4 is 52.4 Å². The fourth-order valence-electron chi connectivity index (χ4n) is 3.38. The smallest absolute Gasteiger partial charge is 0.255 e. The number of halogens is 1. The van der Waals surface area contributed by atoms with E-state index in [9.17, 15) is 4.79 Å². The molecular formula is C24H22ClN7OS. The molecule has 3 heterocycles. The molecule has 0 radical (unpaired) electrons. The number of benzene rings is 2. The largest absolute Gasteiger partial charge is 0.356 e. The maximum atomic E-state index is 12.6. The topological polar surface area (TPSA) is 98.8 Å². The second-order valence-corrected chi connectivity index (χ2v) is 9.30. The lowest BCUT2D eigenvalue weighted by molar-refractivity contribution is 0.102. The monoisotopic (exact) mass is 491 g/mol. The molecule has 172 valence electrons. The molecule has 2 aromatic carbocycles. The van der Waals surface area contributed by atoms with Crippen molar-refractivity contribution in [1.29, 1.82) is 0 Å². The van der Waals surface area contributed by atoms with Gasteiger partial charge in [-0.3, -0.25) is 9.89 Å². The second kappa shape index (κ2) is 9.74. The summed E-state index contributed by atoms with van der Waals surface area (Å²) in [5, 5.41) is 14.4. The zero-order valence-corrected chi connectivity index (χ0v) is 20.0. The van der Waals surface area contributed by atoms with Crippen LogP contribution in [0.4, 0.5) is 23.1 Å². The van der Waals surface area contributed by atoms with Crippen LogP contribution < -0.4 is 15.5 Å². The highest BCUT2D eigenvalue weighted by Crippen LogP contribution is 2.30. The van der Waals surface area contributed by atoms with Gasteiger partial charge in [0.05, 0.1) is 10.7 Å². The number of nitrogens with zero attached hydrogens (tertiary/aromatic N) is 4. The van der Waals surface area contributed by atoms with Gasteiger partial charge in [-0.15, -0.1) is 0 Å². The number of carbonyl (C=O) groups excluding carboxylic acids is 1. The van der Waals surface area contributed by atoms with E-state index in [0.717, 1.165) is 35.9 Å². The number of carbonyl (C=O) groups is 1. The van der Waals surface area contributed by atoms with Gasteiger partial charge >= 0.3 is 0 Å². The number of rotatable bonds is 7. The number of aromatic amines is 1. The van der Waals surface area contributed by atoms with Crippen molar-refractivity contribution in [1.82, 2.24) is 20.2 Å². The van der Waals surface area contributed by atoms with E-state index in [-0.39, 0.29) is 5.91 Å². The minimum absolute atomic E-state index is 0.221. The molecule has 0 unspecified atom stereocenters. The second-order valence-electron chi connectivity index (χ2n) is 7.86. The predicted molar refractivity (Wildman–Crippen MR) is 135 cm³/mol. The Balaban J connectivity index is 1.32. The Hall–Kier alpha value is -3.56. The van der Waals surface area contributed by atoms with E-state index < -0.39 is 0 Å². The standard InChI is InChI=1S/C24H22ClN7OS/c1-15-13-21(31-30-15)27-20-14-22(32-11-4-12-32)29-24(28-20)34-17-9-7-16(8-10-17)23(33)26-19-6-3-2-5-18(19)25/h2-3,5-10,13-14H,4,11-12H2,1H3,(H,26,33)(H2,27,28,29,30,31). The number of H-pyrrole nitrogens is 1. The number of amides is 1. The molecule has 34 heavy (non-hydrogen) atoms. The van der Waals surface area contributed by atoms with Crippen molar-refractivity contribution in [2.45, 2.75) is 23.4 Å². The van der Waals surface area contributed by atoms with E-state index in [2.05, 4.69) is 30.7 Å². The van der Waals surface area contributed by atoms with Gasteiger partial charge in [0.15, 0.2) is 11.0 Å². The first-order valence-corrected chi connectivity index (χ1v) is 12.0. The van der Waals surface area contributed by atoms with Gasteiger partial charge in [0.2, 0.25) is 0 Å². The summed E-state index contributed by atoms with van der Waals surface area (Å²) in [6.07, 6.45) is 1.16. The van der Waals surface area contributed by atoms with Crippen LogP contribution in [0.2, 0.25) is 5.02 Å². The fraction of sp³-hybridized carbons (Fsp3) is 0.167. The van der Waals surface area contributed by atoms with E-state index in [0.29, 0.717) is 33.1 Å². The van der Waals surface area contributed by atoms with Crippen LogP contribution in [-0.2, 0) is 0 Å². The lowest BCUT2D eigenvalue weighted by atomic mass is 10.2. The highest BCUT2D eigenvalue weighted by atomic mass is 35.5. The van der Waals surface area contributed by atoms with Gasteiger partial charge in [0.25, 0.3) is 5.91 Å². The maximum Gasteiger partial charge on any atom is 0.255 e. The SMILES string of the molecule is Cc1cc(Nc2cc(N3CCC3)nc(Sc3ccc(C(=O)Nc4ccccc4Cl)cc3)n2)n[nH]1. The summed E-state index contributed by atoms with van der Waals surface area (Å²) < 4.78 is 0. The molecule has 0 bridgehead atoms. The summed E-state index contributed by atoms with van der Waals surface area (Å²) in [5.41, 5.74) is 2.08. The first-order chi connectivity index (χ1) is 16.5. The lowest BCUT2D eigenvalue weighted by Crippen LogP contribution is -2.37. The van der Waals surface area contributed by atoms with Crippen LogP contribution in [0, 0.1) is 6.92 Å². The van der Waals surface area contributed by atoms with Gasteiger partial charge in [-0.2, -0.15) is 5.10 Å². The Kier molecular flexibility index (Phi) is 6.37. The minimum Gasteiger partial charge on any atom is -0.356 e. The van der Waals surface area contributed by atoms with Crippen LogP contribution in [0.15, 0.2) is 70.7 Å². The van der Waals surface area contributed by atoms with Crippen molar-refractivity contribution in [3.8, 4) is 0 Å². The molecule has 0 saturated carbocycles. The van der Waals surface area contributed by atoms with Crippen LogP contribution in [0.3, 0.4) is 0 Å². The van der Waals surface area contributed by atoms with Crippen LogP contribution in [-0.4, -0.2) is 39.2 Å². The van der Waals surface area contributed by atoms with Crippen molar-refractivity contribution in [3.63, 3.8) is 0 Å². The Morgan fingerprint density at radius 1 is 1.06 bits per heavy atom. The van der Waals surface area contributed by atoms with Gasteiger partial charge in [-0.1, -0.05) is 23.7 Å². The van der Waals surface area contributed by atoms with E-state index in [1.54, 1.807) is 24.3 Å². The molecule has 8 nitrogen and oxygen atoms in total. The lowest BCUT2D eigenvalue weighted by Gasteiger charge is -2.32. The Labute approximate surface area is 206 Å². The molecule has 1 saturated heterocycles. The van der Waals surface area contributed by atoms with E-state index in [4.69, 9.17) is 16.6 Å². The van der Waals surface area contributed by atoms with Crippen molar-refractivity contribution < 1.29 is 4.79 Å². The Morgan fingerprint density at radius 2 is 1.85 bits per heavy atom. The average Bonchev–Trinajstić information content (AvgIpc) is 3.19. The zero-order chi connectivity index (χ0) is 23.5. The third kappa shape index (κ3) is 5.16. The van der Waals surface area contributed by atoms with Crippen LogP contribution in [0.5, 0.6) is 0 Å². The fourth-order valence-corrected chi connectivity index (χ4v) is 4.33. The molecule has 1 aliphatic heterocycles. The van der Waals surface area contributed by atoms with E-state index in [1.807, 2.05) is 43.3 Å². The van der Waals surface area contributed by atoms with Crippen molar-refractivity contribution in [2.24, 2.45) is 0 Å². The number of hydrogen-bond donors (Lipinski definition) is 3. The zero-order valence-electron chi connectivity index (χ0n) is 18.4. The number of aromatic nitrogens is 4. The normalized spacial score (nSPS) is 12.8. The minimum atomic E-state index is -0.221. The van der Waals surface area contributed by atoms with Gasteiger partial charge in [-0.05, 0) is 61.5 Å². The van der Waals surface area contributed by atoms with E-state index >= 15 is 0 Å². The molecule has 1 amide bonds. The van der Waals surface area contributed by atoms with Gasteiger partial charge < -0.3 is 15.5 Å². The molecule has 0 spiro atoms. The number of aryl methyl sites for hydroxylation is 1. The third-order valence-electron chi connectivity index (χ3n) is 5.28. The van der Waals surface area contributed by atoms with E-state index in [1.165, 1.54) is 11.8 Å². The summed E-state index contributed by atoms with van der Waals surface area (Å²) in [6, 6.07) is 18.3. The van der Waals surface area contributed by atoms with Gasteiger partial charge in [0.1, 0.15) is 11.6 Å². The van der Waals surface area contributed by atoms with Crippen LogP contribution in [0.25, 0.3) is 0 Å². The Morgan fingerprint density at radius 3 is 2.53 bits per heavy atom. The maximum absolute atomic E-state index is 12.6. The van der Waals surface area contributed by atoms with Crippen LogP contribution in [0.1, 0.15) is 22.5 Å². The quantitative estimate of drug-likeness (QED) is 0.293. The number of nitrogens with one attached hydrogen (secondary N) is 3. The third-order valence-corrected chi connectivity index (χ3v) is 6.48. The van der Waals surface area contributed by atoms with Crippen LogP contribution >= 0.6 is 23.4 Å². The molecule has 2 aromatic heterocycles. The first-order valence-electron chi connectivity index (χ1n) is 10.8. The molecule has 0 atom stereocenters. The molecule has 1 aliphatic rings. The van der Waals surface area contributed by atoms with Crippen molar-refractivity contribution in [2.75, 3.05) is 28.6 Å². The Bertz CT molecular complexity index is 1320. The van der Waals surface area contributed by atoms with Gasteiger partial charge in [0, 0.05) is 41.4 Å².